The van der Waals surface area contributed by atoms with Crippen LogP contribution in [0.5, 0.6) is 11.5 Å². The maximum absolute atomic E-state index is 12.8. The van der Waals surface area contributed by atoms with Crippen LogP contribution in [0.15, 0.2) is 48.5 Å². The van der Waals surface area contributed by atoms with E-state index < -0.39 is 5.60 Å². The number of rotatable bonds is 7. The Labute approximate surface area is 257 Å². The molecule has 5 aliphatic rings. The molecule has 0 saturated heterocycles. The molecule has 4 saturated carbocycles. The first kappa shape index (κ1) is 28.5. The van der Waals surface area contributed by atoms with Crippen LogP contribution in [0.2, 0.25) is 0 Å². The average Bonchev–Trinajstić information content (AvgIpc) is 2.99. The van der Waals surface area contributed by atoms with E-state index >= 15 is 0 Å². The van der Waals surface area contributed by atoms with Crippen LogP contribution in [-0.2, 0) is 28.0 Å². The topological polar surface area (TPSA) is 44.8 Å². The van der Waals surface area contributed by atoms with Gasteiger partial charge in [0.05, 0.1) is 6.61 Å². The Bertz CT molecular complexity index is 1520. The molecule has 4 fully saturated rings. The lowest BCUT2D eigenvalue weighted by Gasteiger charge is -2.57. The van der Waals surface area contributed by atoms with Gasteiger partial charge in [-0.15, -0.1) is 0 Å². The third kappa shape index (κ3) is 4.86. The lowest BCUT2D eigenvalue weighted by atomic mass is 9.48. The third-order valence-corrected chi connectivity index (χ3v) is 11.4. The van der Waals surface area contributed by atoms with Crippen LogP contribution < -0.4 is 9.47 Å². The highest BCUT2D eigenvalue weighted by Gasteiger charge is 2.52. The van der Waals surface area contributed by atoms with E-state index in [4.69, 9.17) is 14.2 Å². The van der Waals surface area contributed by atoms with Crippen molar-refractivity contribution in [1.82, 2.24) is 0 Å². The summed E-state index contributed by atoms with van der Waals surface area (Å²) in [6.45, 7) is 11.3. The maximum Gasteiger partial charge on any atom is 0.350 e. The van der Waals surface area contributed by atoms with E-state index in [1.807, 2.05) is 13.8 Å². The summed E-state index contributed by atoms with van der Waals surface area (Å²) in [4.78, 5) is 12.8. The van der Waals surface area contributed by atoms with E-state index in [-0.39, 0.29) is 11.4 Å². The minimum absolute atomic E-state index is 0.215. The molecule has 4 bridgehead atoms. The summed E-state index contributed by atoms with van der Waals surface area (Å²) in [6, 6.07) is 17.6. The number of benzene rings is 3. The van der Waals surface area contributed by atoms with Gasteiger partial charge in [-0.1, -0.05) is 36.4 Å². The monoisotopic (exact) mass is 578 g/mol. The Morgan fingerprint density at radius 2 is 1.58 bits per heavy atom. The number of hydrogen-bond acceptors (Lipinski definition) is 4. The summed E-state index contributed by atoms with van der Waals surface area (Å²) in [5, 5.41) is 0. The Balaban J connectivity index is 1.30. The van der Waals surface area contributed by atoms with Crippen molar-refractivity contribution in [3.8, 4) is 22.6 Å². The van der Waals surface area contributed by atoms with Gasteiger partial charge in [-0.25, -0.2) is 4.79 Å². The largest absolute Gasteiger partial charge is 0.489 e. The minimum Gasteiger partial charge on any atom is -0.489 e. The first-order chi connectivity index (χ1) is 20.7. The fourth-order valence-electron chi connectivity index (χ4n) is 9.53. The molecule has 0 aromatic heterocycles. The zero-order chi connectivity index (χ0) is 29.9. The molecular formula is C39H46O4. The molecule has 43 heavy (non-hydrogen) atoms. The van der Waals surface area contributed by atoms with Gasteiger partial charge in [-0.3, -0.25) is 0 Å². The molecule has 3 aromatic carbocycles. The first-order valence-corrected chi connectivity index (χ1v) is 16.5. The van der Waals surface area contributed by atoms with Crippen molar-refractivity contribution in [3.05, 3.63) is 81.9 Å². The summed E-state index contributed by atoms with van der Waals surface area (Å²) in [5.74, 6) is 4.23. The summed E-state index contributed by atoms with van der Waals surface area (Å²) >= 11 is 0. The van der Waals surface area contributed by atoms with E-state index in [9.17, 15) is 4.79 Å². The Morgan fingerprint density at radius 3 is 2.23 bits per heavy atom. The molecule has 4 nitrogen and oxygen atoms in total. The molecule has 0 amide bonds. The van der Waals surface area contributed by atoms with Gasteiger partial charge in [0.2, 0.25) is 5.60 Å². The summed E-state index contributed by atoms with van der Waals surface area (Å²) in [7, 11) is 0. The molecule has 1 unspecified atom stereocenters. The number of hydrogen-bond donors (Lipinski definition) is 0. The van der Waals surface area contributed by atoms with Gasteiger partial charge in [0.25, 0.3) is 0 Å². The van der Waals surface area contributed by atoms with Crippen LogP contribution in [0.3, 0.4) is 0 Å². The van der Waals surface area contributed by atoms with Gasteiger partial charge in [0.1, 0.15) is 18.1 Å². The lowest BCUT2D eigenvalue weighted by Crippen LogP contribution is -2.48. The van der Waals surface area contributed by atoms with Gasteiger partial charge >= 0.3 is 5.97 Å². The van der Waals surface area contributed by atoms with Gasteiger partial charge in [-0.05, 0) is 154 Å². The second kappa shape index (κ2) is 10.7. The first-order valence-electron chi connectivity index (χ1n) is 16.5. The quantitative estimate of drug-likeness (QED) is 0.263. The molecule has 4 heteroatoms. The van der Waals surface area contributed by atoms with Gasteiger partial charge in [0.15, 0.2) is 0 Å². The van der Waals surface area contributed by atoms with Crippen molar-refractivity contribution in [3.63, 3.8) is 0 Å². The Morgan fingerprint density at radius 1 is 0.907 bits per heavy atom. The number of fused-ring (bicyclic) bond motifs is 1. The van der Waals surface area contributed by atoms with Crippen LogP contribution in [0, 0.1) is 38.5 Å². The molecular weight excluding hydrogens is 532 g/mol. The van der Waals surface area contributed by atoms with Gasteiger partial charge < -0.3 is 14.2 Å². The van der Waals surface area contributed by atoms with E-state index in [0.717, 1.165) is 41.2 Å². The molecule has 3 aromatic rings. The number of ether oxygens (including phenoxy) is 3. The fourth-order valence-corrected chi connectivity index (χ4v) is 9.53. The Kier molecular flexibility index (Phi) is 7.10. The van der Waals surface area contributed by atoms with Crippen LogP contribution >= 0.6 is 0 Å². The van der Waals surface area contributed by atoms with Crippen molar-refractivity contribution in [1.29, 1.82) is 0 Å². The van der Waals surface area contributed by atoms with Crippen molar-refractivity contribution in [2.45, 2.75) is 104 Å². The zero-order valence-corrected chi connectivity index (χ0v) is 26.6. The van der Waals surface area contributed by atoms with E-state index in [0.29, 0.717) is 19.6 Å². The van der Waals surface area contributed by atoms with Crippen LogP contribution in [0.4, 0.5) is 0 Å². The second-order valence-electron chi connectivity index (χ2n) is 14.3. The van der Waals surface area contributed by atoms with E-state index in [2.05, 4.69) is 69.3 Å². The molecule has 0 radical (unpaired) electrons. The highest BCUT2D eigenvalue weighted by molar-refractivity contribution is 5.82. The molecule has 1 heterocycles. The van der Waals surface area contributed by atoms with Crippen molar-refractivity contribution in [2.75, 3.05) is 6.61 Å². The maximum atomic E-state index is 12.8. The van der Waals surface area contributed by atoms with E-state index in [1.165, 1.54) is 77.5 Å². The molecule has 226 valence electrons. The third-order valence-electron chi connectivity index (χ3n) is 11.4. The molecule has 4 aliphatic carbocycles. The highest BCUT2D eigenvalue weighted by atomic mass is 16.6. The summed E-state index contributed by atoms with van der Waals surface area (Å²) < 4.78 is 18.6. The molecule has 1 atom stereocenters. The van der Waals surface area contributed by atoms with Crippen LogP contribution in [0.25, 0.3) is 11.1 Å². The number of carbonyl (C=O) groups is 1. The van der Waals surface area contributed by atoms with Crippen LogP contribution in [0.1, 0.15) is 92.2 Å². The minimum atomic E-state index is -0.947. The SMILES string of the molecule is CCOC(=O)C1(C)CCc2c(C)c(-c3ccc(OCc4ccccc4)c(C45CC6CC(CC(C6)C4)C5)c3)c(C)c(C)c2O1. The average molecular weight is 579 g/mol. The van der Waals surface area contributed by atoms with Gasteiger partial charge in [0, 0.05) is 12.0 Å². The highest BCUT2D eigenvalue weighted by Crippen LogP contribution is 2.62. The molecule has 0 N–H and O–H groups in total. The van der Waals surface area contributed by atoms with E-state index in [1.54, 1.807) is 0 Å². The standard InChI is InChI=1S/C39H46O4/c1-6-41-37(40)38(5)15-14-32-26(4)35(24(2)25(3)36(32)43-38)31-12-13-34(42-23-27-10-8-7-9-11-27)33(19-31)39-20-28-16-29(21-39)18-30(17-28)22-39/h7-13,19,28-30H,6,14-18,20-23H2,1-5H3. The normalized spacial score (nSPS) is 28.7. The number of esters is 1. The number of carbonyl (C=O) groups excluding carboxylic acids is 1. The Hall–Kier alpha value is -3.27. The zero-order valence-electron chi connectivity index (χ0n) is 26.6. The predicted molar refractivity (Wildman–Crippen MR) is 171 cm³/mol. The van der Waals surface area contributed by atoms with Crippen molar-refractivity contribution < 1.29 is 19.0 Å². The predicted octanol–water partition coefficient (Wildman–Crippen LogP) is 8.97. The summed E-state index contributed by atoms with van der Waals surface area (Å²) in [5.41, 5.74) is 9.31. The fraction of sp³-hybridized carbons (Fsp3) is 0.513. The smallest absolute Gasteiger partial charge is 0.350 e. The van der Waals surface area contributed by atoms with Crippen molar-refractivity contribution in [2.24, 2.45) is 17.8 Å². The van der Waals surface area contributed by atoms with Gasteiger partial charge in [-0.2, -0.15) is 0 Å². The van der Waals surface area contributed by atoms with Crippen molar-refractivity contribution >= 4 is 5.97 Å². The second-order valence-corrected chi connectivity index (χ2v) is 14.3. The molecule has 0 spiro atoms. The lowest BCUT2D eigenvalue weighted by molar-refractivity contribution is -0.161. The van der Waals surface area contributed by atoms with Crippen LogP contribution in [-0.4, -0.2) is 18.2 Å². The summed E-state index contributed by atoms with van der Waals surface area (Å²) in [6.07, 6.45) is 9.57. The molecule has 8 rings (SSSR count). The molecule has 1 aliphatic heterocycles.